The van der Waals surface area contributed by atoms with Crippen LogP contribution in [0, 0.1) is 5.92 Å². The number of rotatable bonds is 4. The molecule has 3 nitrogen and oxygen atoms in total. The van der Waals surface area contributed by atoms with Crippen molar-refractivity contribution in [3.63, 3.8) is 0 Å². The molecule has 1 atom stereocenters. The monoisotopic (exact) mass is 167 g/mol. The van der Waals surface area contributed by atoms with Gasteiger partial charge in [-0.05, 0) is 18.6 Å². The van der Waals surface area contributed by atoms with Crippen molar-refractivity contribution in [1.82, 2.24) is 0 Å². The molecule has 0 fully saturated rings. The molecule has 12 heavy (non-hydrogen) atoms. The minimum atomic E-state index is -0.249. The van der Waals surface area contributed by atoms with E-state index in [2.05, 4.69) is 0 Å². The van der Waals surface area contributed by atoms with E-state index in [1.807, 2.05) is 19.1 Å². The van der Waals surface area contributed by atoms with Crippen LogP contribution < -0.4 is 5.73 Å². The number of carbonyl (C=O) groups excluding carboxylic acids is 1. The largest absolute Gasteiger partial charge is 0.469 e. The summed E-state index contributed by atoms with van der Waals surface area (Å²) >= 11 is 0. The fraction of sp³-hybridized carbons (Fsp3) is 0.444. The van der Waals surface area contributed by atoms with Crippen molar-refractivity contribution in [2.24, 2.45) is 11.7 Å². The van der Waals surface area contributed by atoms with Crippen molar-refractivity contribution in [2.45, 2.75) is 19.8 Å². The summed E-state index contributed by atoms with van der Waals surface area (Å²) in [4.78, 5) is 10.7. The van der Waals surface area contributed by atoms with Gasteiger partial charge >= 0.3 is 0 Å². The number of aryl methyl sites for hydroxylation is 1. The van der Waals surface area contributed by atoms with Gasteiger partial charge in [0.1, 0.15) is 5.76 Å². The summed E-state index contributed by atoms with van der Waals surface area (Å²) in [5.41, 5.74) is 5.11. The minimum Gasteiger partial charge on any atom is -0.469 e. The molecular weight excluding hydrogens is 154 g/mol. The Balaban J connectivity index is 2.31. The molecule has 0 aliphatic rings. The normalized spacial score (nSPS) is 12.8. The highest BCUT2D eigenvalue weighted by Crippen LogP contribution is 2.09. The van der Waals surface area contributed by atoms with E-state index < -0.39 is 0 Å². The van der Waals surface area contributed by atoms with Crippen LogP contribution in [0.5, 0.6) is 0 Å². The van der Waals surface area contributed by atoms with Gasteiger partial charge in [0.05, 0.1) is 6.26 Å². The van der Waals surface area contributed by atoms with Crippen LogP contribution in [0.25, 0.3) is 0 Å². The average Bonchev–Trinajstić information content (AvgIpc) is 2.51. The predicted octanol–water partition coefficient (Wildman–Crippen LogP) is 1.33. The number of nitrogens with two attached hydrogens (primary N) is 1. The molecule has 1 aromatic heterocycles. The average molecular weight is 167 g/mol. The second-order valence-electron chi connectivity index (χ2n) is 2.92. The third-order valence-electron chi connectivity index (χ3n) is 1.89. The summed E-state index contributed by atoms with van der Waals surface area (Å²) in [6, 6.07) is 3.73. The zero-order chi connectivity index (χ0) is 8.97. The third kappa shape index (κ3) is 2.42. The van der Waals surface area contributed by atoms with Gasteiger partial charge in [-0.15, -0.1) is 0 Å². The number of amides is 1. The highest BCUT2D eigenvalue weighted by Gasteiger charge is 2.08. The lowest BCUT2D eigenvalue weighted by Gasteiger charge is -2.03. The maximum atomic E-state index is 10.7. The molecule has 0 bridgehead atoms. The molecule has 0 unspecified atom stereocenters. The van der Waals surface area contributed by atoms with Crippen LogP contribution in [-0.2, 0) is 11.2 Å². The van der Waals surface area contributed by atoms with Gasteiger partial charge in [0, 0.05) is 12.3 Å². The second kappa shape index (κ2) is 3.95. The van der Waals surface area contributed by atoms with Gasteiger partial charge < -0.3 is 10.2 Å². The Hall–Kier alpha value is -1.25. The lowest BCUT2D eigenvalue weighted by molar-refractivity contribution is -0.121. The van der Waals surface area contributed by atoms with E-state index in [0.717, 1.165) is 18.6 Å². The Morgan fingerprint density at radius 3 is 3.00 bits per heavy atom. The lowest BCUT2D eigenvalue weighted by atomic mass is 10.0. The SMILES string of the molecule is C[C@H](CCc1ccco1)C(N)=O. The Bertz CT molecular complexity index is 241. The molecular formula is C9H13NO2. The van der Waals surface area contributed by atoms with Crippen molar-refractivity contribution in [1.29, 1.82) is 0 Å². The minimum absolute atomic E-state index is 0.0740. The maximum absolute atomic E-state index is 10.7. The van der Waals surface area contributed by atoms with E-state index in [-0.39, 0.29) is 11.8 Å². The maximum Gasteiger partial charge on any atom is 0.220 e. The van der Waals surface area contributed by atoms with Gasteiger partial charge in [0.15, 0.2) is 0 Å². The molecule has 0 aromatic carbocycles. The zero-order valence-electron chi connectivity index (χ0n) is 7.12. The molecule has 3 heteroatoms. The van der Waals surface area contributed by atoms with Gasteiger partial charge in [-0.25, -0.2) is 0 Å². The van der Waals surface area contributed by atoms with Crippen molar-refractivity contribution in [3.8, 4) is 0 Å². The first-order valence-electron chi connectivity index (χ1n) is 4.02. The molecule has 1 aromatic rings. The fourth-order valence-electron chi connectivity index (χ4n) is 0.956. The van der Waals surface area contributed by atoms with Gasteiger partial charge in [0.25, 0.3) is 0 Å². The number of furan rings is 1. The number of primary amides is 1. The predicted molar refractivity (Wildman–Crippen MR) is 45.4 cm³/mol. The summed E-state index contributed by atoms with van der Waals surface area (Å²) in [6.07, 6.45) is 3.16. The number of hydrogen-bond acceptors (Lipinski definition) is 2. The standard InChI is InChI=1S/C9H13NO2/c1-7(9(10)11)4-5-8-3-2-6-12-8/h2-3,6-7H,4-5H2,1H3,(H2,10,11)/t7-/m1/s1. The molecule has 1 heterocycles. The van der Waals surface area contributed by atoms with Crippen molar-refractivity contribution in [2.75, 3.05) is 0 Å². The molecule has 66 valence electrons. The second-order valence-corrected chi connectivity index (χ2v) is 2.92. The van der Waals surface area contributed by atoms with E-state index >= 15 is 0 Å². The van der Waals surface area contributed by atoms with Crippen molar-refractivity contribution >= 4 is 5.91 Å². The van der Waals surface area contributed by atoms with E-state index in [1.54, 1.807) is 6.26 Å². The number of carbonyl (C=O) groups is 1. The smallest absolute Gasteiger partial charge is 0.220 e. The molecule has 2 N–H and O–H groups in total. The Morgan fingerprint density at radius 2 is 2.50 bits per heavy atom. The van der Waals surface area contributed by atoms with Crippen LogP contribution in [0.15, 0.2) is 22.8 Å². The molecule has 0 saturated heterocycles. The van der Waals surface area contributed by atoms with Crippen molar-refractivity contribution < 1.29 is 9.21 Å². The highest BCUT2D eigenvalue weighted by atomic mass is 16.3. The van der Waals surface area contributed by atoms with Crippen LogP contribution in [0.1, 0.15) is 19.1 Å². The summed E-state index contributed by atoms with van der Waals surface area (Å²) in [7, 11) is 0. The Labute approximate surface area is 71.6 Å². The fourth-order valence-corrected chi connectivity index (χ4v) is 0.956. The van der Waals surface area contributed by atoms with Crippen LogP contribution in [0.2, 0.25) is 0 Å². The van der Waals surface area contributed by atoms with Gasteiger partial charge in [-0.1, -0.05) is 6.92 Å². The van der Waals surface area contributed by atoms with Crippen molar-refractivity contribution in [3.05, 3.63) is 24.2 Å². The van der Waals surface area contributed by atoms with E-state index in [9.17, 15) is 4.79 Å². The molecule has 0 radical (unpaired) electrons. The first-order chi connectivity index (χ1) is 5.70. The van der Waals surface area contributed by atoms with Crippen LogP contribution in [0.4, 0.5) is 0 Å². The first kappa shape index (κ1) is 8.84. The molecule has 0 saturated carbocycles. The van der Waals surface area contributed by atoms with E-state index in [0.29, 0.717) is 0 Å². The molecule has 0 aliphatic carbocycles. The van der Waals surface area contributed by atoms with Gasteiger partial charge in [0.2, 0.25) is 5.91 Å². The summed E-state index contributed by atoms with van der Waals surface area (Å²) in [5, 5.41) is 0. The summed E-state index contributed by atoms with van der Waals surface area (Å²) in [6.45, 7) is 1.82. The zero-order valence-corrected chi connectivity index (χ0v) is 7.12. The Morgan fingerprint density at radius 1 is 1.75 bits per heavy atom. The van der Waals surface area contributed by atoms with Gasteiger partial charge in [-0.3, -0.25) is 4.79 Å². The topological polar surface area (TPSA) is 56.2 Å². The molecule has 1 rings (SSSR count). The third-order valence-corrected chi connectivity index (χ3v) is 1.89. The Kier molecular flexibility index (Phi) is 2.91. The van der Waals surface area contributed by atoms with Crippen LogP contribution in [-0.4, -0.2) is 5.91 Å². The van der Waals surface area contributed by atoms with Gasteiger partial charge in [-0.2, -0.15) is 0 Å². The highest BCUT2D eigenvalue weighted by molar-refractivity contribution is 5.76. The first-order valence-corrected chi connectivity index (χ1v) is 4.02. The summed E-state index contributed by atoms with van der Waals surface area (Å²) < 4.78 is 5.11. The molecule has 0 aliphatic heterocycles. The molecule has 0 spiro atoms. The van der Waals surface area contributed by atoms with Crippen LogP contribution >= 0.6 is 0 Å². The molecule has 1 amide bonds. The number of hydrogen-bond donors (Lipinski definition) is 1. The summed E-state index contributed by atoms with van der Waals surface area (Å²) in [5.74, 6) is 0.583. The van der Waals surface area contributed by atoms with E-state index in [4.69, 9.17) is 10.2 Å². The lowest BCUT2D eigenvalue weighted by Crippen LogP contribution is -2.20. The van der Waals surface area contributed by atoms with E-state index in [1.165, 1.54) is 0 Å². The quantitative estimate of drug-likeness (QED) is 0.735. The van der Waals surface area contributed by atoms with Crippen LogP contribution in [0.3, 0.4) is 0 Å².